The molecule has 0 atom stereocenters. The minimum Gasteiger partial charge on any atom is -0.440 e. The minimum absolute atomic E-state index is 0.183. The standard InChI is InChI=1S/C18H16N4O2/c1-11(2)18-21-14-9-13(4-5-15(14)24-18)20-17(23)12-3-6-16-19-7-8-22(16)10-12/h3-11H,1-2H3,(H,20,23). The number of nitrogens with zero attached hydrogens (tertiary/aromatic N) is 3. The van der Waals surface area contributed by atoms with E-state index in [0.717, 1.165) is 16.7 Å². The van der Waals surface area contributed by atoms with Gasteiger partial charge in [-0.05, 0) is 30.3 Å². The molecular formula is C18H16N4O2. The van der Waals surface area contributed by atoms with E-state index in [0.29, 0.717) is 17.1 Å². The van der Waals surface area contributed by atoms with Crippen LogP contribution in [-0.4, -0.2) is 20.3 Å². The lowest BCUT2D eigenvalue weighted by Gasteiger charge is -2.05. The first-order valence-corrected chi connectivity index (χ1v) is 7.75. The van der Waals surface area contributed by atoms with Gasteiger partial charge >= 0.3 is 0 Å². The van der Waals surface area contributed by atoms with Crippen LogP contribution in [0.4, 0.5) is 5.69 Å². The number of oxazole rings is 1. The molecule has 0 saturated heterocycles. The Kier molecular flexibility index (Phi) is 3.30. The van der Waals surface area contributed by atoms with E-state index in [2.05, 4.69) is 15.3 Å². The molecule has 4 rings (SSSR count). The molecule has 0 aliphatic heterocycles. The van der Waals surface area contributed by atoms with Crippen molar-refractivity contribution in [1.82, 2.24) is 14.4 Å². The van der Waals surface area contributed by atoms with Gasteiger partial charge in [0, 0.05) is 30.2 Å². The highest BCUT2D eigenvalue weighted by Crippen LogP contribution is 2.24. The summed E-state index contributed by atoms with van der Waals surface area (Å²) in [5, 5.41) is 2.89. The van der Waals surface area contributed by atoms with Crippen molar-refractivity contribution in [2.45, 2.75) is 19.8 Å². The molecule has 0 spiro atoms. The van der Waals surface area contributed by atoms with Gasteiger partial charge in [0.2, 0.25) is 0 Å². The number of carbonyl (C=O) groups is 1. The largest absolute Gasteiger partial charge is 0.440 e. The van der Waals surface area contributed by atoms with E-state index in [-0.39, 0.29) is 11.8 Å². The van der Waals surface area contributed by atoms with Crippen LogP contribution in [0.25, 0.3) is 16.7 Å². The van der Waals surface area contributed by atoms with Crippen LogP contribution in [0.1, 0.15) is 36.0 Å². The first-order valence-electron chi connectivity index (χ1n) is 7.75. The number of rotatable bonds is 3. The smallest absolute Gasteiger partial charge is 0.257 e. The molecule has 1 amide bonds. The van der Waals surface area contributed by atoms with Crippen LogP contribution in [0.15, 0.2) is 53.3 Å². The molecule has 3 heterocycles. The Bertz CT molecular complexity index is 1050. The molecule has 4 aromatic rings. The van der Waals surface area contributed by atoms with Crippen molar-refractivity contribution < 1.29 is 9.21 Å². The fourth-order valence-electron chi connectivity index (χ4n) is 2.53. The summed E-state index contributed by atoms with van der Waals surface area (Å²) in [6.07, 6.45) is 5.26. The van der Waals surface area contributed by atoms with Crippen LogP contribution in [-0.2, 0) is 0 Å². The normalized spacial score (nSPS) is 11.5. The van der Waals surface area contributed by atoms with Crippen molar-refractivity contribution in [3.05, 3.63) is 60.4 Å². The molecule has 0 aliphatic carbocycles. The number of hydrogen-bond acceptors (Lipinski definition) is 4. The zero-order valence-electron chi connectivity index (χ0n) is 13.4. The lowest BCUT2D eigenvalue weighted by molar-refractivity contribution is 0.102. The molecule has 0 saturated carbocycles. The fourth-order valence-corrected chi connectivity index (χ4v) is 2.53. The number of nitrogens with one attached hydrogen (secondary N) is 1. The molecule has 0 unspecified atom stereocenters. The summed E-state index contributed by atoms with van der Waals surface area (Å²) in [6, 6.07) is 9.01. The molecule has 6 heteroatoms. The van der Waals surface area contributed by atoms with Crippen molar-refractivity contribution >= 4 is 28.3 Å². The van der Waals surface area contributed by atoms with Crippen LogP contribution < -0.4 is 5.32 Å². The van der Waals surface area contributed by atoms with Gasteiger partial charge in [-0.2, -0.15) is 0 Å². The highest BCUT2D eigenvalue weighted by atomic mass is 16.3. The number of imidazole rings is 1. The Morgan fingerprint density at radius 1 is 1.25 bits per heavy atom. The summed E-state index contributed by atoms with van der Waals surface area (Å²) in [7, 11) is 0. The van der Waals surface area contributed by atoms with E-state index < -0.39 is 0 Å². The summed E-state index contributed by atoms with van der Waals surface area (Å²) >= 11 is 0. The third kappa shape index (κ3) is 2.52. The zero-order valence-corrected chi connectivity index (χ0v) is 13.4. The molecule has 1 N–H and O–H groups in total. The van der Waals surface area contributed by atoms with Gasteiger partial charge in [-0.1, -0.05) is 13.8 Å². The summed E-state index contributed by atoms with van der Waals surface area (Å²) < 4.78 is 7.49. The number of amides is 1. The highest BCUT2D eigenvalue weighted by Gasteiger charge is 2.12. The average molecular weight is 320 g/mol. The van der Waals surface area contributed by atoms with Gasteiger partial charge in [0.25, 0.3) is 5.91 Å². The second kappa shape index (κ2) is 5.49. The monoisotopic (exact) mass is 320 g/mol. The first kappa shape index (κ1) is 14.4. The van der Waals surface area contributed by atoms with Crippen molar-refractivity contribution in [3.63, 3.8) is 0 Å². The van der Waals surface area contributed by atoms with Crippen molar-refractivity contribution in [3.8, 4) is 0 Å². The molecule has 6 nitrogen and oxygen atoms in total. The lowest BCUT2D eigenvalue weighted by atomic mass is 10.2. The van der Waals surface area contributed by atoms with Crippen molar-refractivity contribution in [1.29, 1.82) is 0 Å². The quantitative estimate of drug-likeness (QED) is 0.622. The molecule has 0 bridgehead atoms. The molecular weight excluding hydrogens is 304 g/mol. The lowest BCUT2D eigenvalue weighted by Crippen LogP contribution is -2.12. The summed E-state index contributed by atoms with van der Waals surface area (Å²) in [5.41, 5.74) is 3.50. The zero-order chi connectivity index (χ0) is 16.7. The van der Waals surface area contributed by atoms with Crippen LogP contribution in [0.5, 0.6) is 0 Å². The van der Waals surface area contributed by atoms with Crippen LogP contribution in [0, 0.1) is 0 Å². The molecule has 1 aromatic carbocycles. The van der Waals surface area contributed by atoms with Crippen LogP contribution >= 0.6 is 0 Å². The molecule has 0 aliphatic rings. The Hall–Kier alpha value is -3.15. The van der Waals surface area contributed by atoms with E-state index in [4.69, 9.17) is 4.42 Å². The van der Waals surface area contributed by atoms with E-state index in [1.165, 1.54) is 0 Å². The Morgan fingerprint density at radius 3 is 2.96 bits per heavy atom. The number of carbonyl (C=O) groups excluding carboxylic acids is 1. The fraction of sp³-hybridized carbons (Fsp3) is 0.167. The molecule has 24 heavy (non-hydrogen) atoms. The van der Waals surface area contributed by atoms with Gasteiger partial charge in [0.1, 0.15) is 11.2 Å². The topological polar surface area (TPSA) is 72.4 Å². The highest BCUT2D eigenvalue weighted by molar-refractivity contribution is 6.04. The maximum absolute atomic E-state index is 12.4. The SMILES string of the molecule is CC(C)c1nc2cc(NC(=O)c3ccc4nccn4c3)ccc2o1. The Morgan fingerprint density at radius 2 is 2.12 bits per heavy atom. The number of aromatic nitrogens is 3. The third-order valence-corrected chi connectivity index (χ3v) is 3.81. The second-order valence-electron chi connectivity index (χ2n) is 5.95. The van der Waals surface area contributed by atoms with Gasteiger partial charge in [0.05, 0.1) is 5.56 Å². The molecule has 3 aromatic heterocycles. The number of benzene rings is 1. The van der Waals surface area contributed by atoms with E-state index >= 15 is 0 Å². The summed E-state index contributed by atoms with van der Waals surface area (Å²) in [4.78, 5) is 21.1. The van der Waals surface area contributed by atoms with Gasteiger partial charge in [-0.15, -0.1) is 0 Å². The average Bonchev–Trinajstić information content (AvgIpc) is 3.20. The molecule has 0 radical (unpaired) electrons. The van der Waals surface area contributed by atoms with Gasteiger partial charge in [-0.3, -0.25) is 4.79 Å². The predicted molar refractivity (Wildman–Crippen MR) is 91.2 cm³/mol. The van der Waals surface area contributed by atoms with Crippen molar-refractivity contribution in [2.75, 3.05) is 5.32 Å². The Balaban J connectivity index is 1.61. The maximum atomic E-state index is 12.4. The van der Waals surface area contributed by atoms with Gasteiger partial charge in [0.15, 0.2) is 11.5 Å². The van der Waals surface area contributed by atoms with Gasteiger partial charge in [-0.25, -0.2) is 9.97 Å². The second-order valence-corrected chi connectivity index (χ2v) is 5.95. The van der Waals surface area contributed by atoms with E-state index in [1.807, 2.05) is 42.5 Å². The number of fused-ring (bicyclic) bond motifs is 2. The van der Waals surface area contributed by atoms with Crippen molar-refractivity contribution in [2.24, 2.45) is 0 Å². The third-order valence-electron chi connectivity index (χ3n) is 3.81. The van der Waals surface area contributed by atoms with E-state index in [9.17, 15) is 4.79 Å². The maximum Gasteiger partial charge on any atom is 0.257 e. The minimum atomic E-state index is -0.183. The first-order chi connectivity index (χ1) is 11.6. The number of anilines is 1. The summed E-state index contributed by atoms with van der Waals surface area (Å²) in [6.45, 7) is 4.05. The number of pyridine rings is 1. The predicted octanol–water partition coefficient (Wildman–Crippen LogP) is 3.85. The number of hydrogen-bond donors (Lipinski definition) is 1. The molecule has 0 fully saturated rings. The van der Waals surface area contributed by atoms with Crippen LogP contribution in [0.2, 0.25) is 0 Å². The van der Waals surface area contributed by atoms with E-state index in [1.54, 1.807) is 24.7 Å². The molecule has 120 valence electrons. The Labute approximate surface area is 138 Å². The summed E-state index contributed by atoms with van der Waals surface area (Å²) in [5.74, 6) is 0.730. The van der Waals surface area contributed by atoms with Gasteiger partial charge < -0.3 is 14.1 Å². The van der Waals surface area contributed by atoms with Crippen LogP contribution in [0.3, 0.4) is 0 Å².